The lowest BCUT2D eigenvalue weighted by Gasteiger charge is -2.25. The molecule has 104 valence electrons. The zero-order chi connectivity index (χ0) is 13.8. The molecular formula is C14H15N3O3. The van der Waals surface area contributed by atoms with Crippen molar-refractivity contribution in [2.75, 3.05) is 31.2 Å². The molecule has 0 amide bonds. The Kier molecular flexibility index (Phi) is 3.64. The number of aromatic nitrogens is 1. The van der Waals surface area contributed by atoms with Gasteiger partial charge in [0.05, 0.1) is 19.4 Å². The summed E-state index contributed by atoms with van der Waals surface area (Å²) in [5.74, 6) is 0.973. The molecule has 0 atom stereocenters. The van der Waals surface area contributed by atoms with Gasteiger partial charge in [-0.3, -0.25) is 0 Å². The third-order valence-corrected chi connectivity index (χ3v) is 3.17. The van der Waals surface area contributed by atoms with Crippen LogP contribution in [0.4, 0.5) is 5.88 Å². The van der Waals surface area contributed by atoms with E-state index < -0.39 is 0 Å². The average Bonchev–Trinajstić information content (AvgIpc) is 3.00. The summed E-state index contributed by atoms with van der Waals surface area (Å²) >= 11 is 0. The first kappa shape index (κ1) is 12.7. The van der Waals surface area contributed by atoms with Crippen LogP contribution in [0.25, 0.3) is 0 Å². The number of rotatable bonds is 3. The monoisotopic (exact) mass is 273 g/mol. The van der Waals surface area contributed by atoms with Gasteiger partial charge in [0, 0.05) is 18.7 Å². The third-order valence-electron chi connectivity index (χ3n) is 3.17. The lowest BCUT2D eigenvalue weighted by atomic mass is 10.1. The predicted octanol–water partition coefficient (Wildman–Crippen LogP) is 1.74. The molecule has 20 heavy (non-hydrogen) atoms. The second-order valence-electron chi connectivity index (χ2n) is 4.42. The molecule has 1 aliphatic rings. The molecule has 2 aromatic rings. The quantitative estimate of drug-likeness (QED) is 0.524. The molecule has 6 heteroatoms. The summed E-state index contributed by atoms with van der Waals surface area (Å²) < 4.78 is 11.0. The van der Waals surface area contributed by atoms with Gasteiger partial charge in [0.2, 0.25) is 5.88 Å². The lowest BCUT2D eigenvalue weighted by molar-refractivity contribution is 0.120. The van der Waals surface area contributed by atoms with Gasteiger partial charge in [-0.05, 0) is 0 Å². The first-order valence-electron chi connectivity index (χ1n) is 6.45. The number of ether oxygens (including phenoxy) is 1. The van der Waals surface area contributed by atoms with E-state index in [1.165, 1.54) is 0 Å². The second kappa shape index (κ2) is 5.75. The van der Waals surface area contributed by atoms with E-state index in [1.54, 1.807) is 6.20 Å². The van der Waals surface area contributed by atoms with Gasteiger partial charge < -0.3 is 19.3 Å². The summed E-state index contributed by atoms with van der Waals surface area (Å²) in [7, 11) is 0. The maximum atomic E-state index is 9.21. The van der Waals surface area contributed by atoms with Crippen molar-refractivity contribution >= 4 is 11.6 Å². The maximum absolute atomic E-state index is 9.21. The SMILES string of the molecule is ON=C(c1ccccc1)c1ncc(N2CCOCC2)o1. The van der Waals surface area contributed by atoms with E-state index >= 15 is 0 Å². The van der Waals surface area contributed by atoms with Crippen molar-refractivity contribution in [3.05, 3.63) is 48.0 Å². The summed E-state index contributed by atoms with van der Waals surface area (Å²) in [5.41, 5.74) is 1.08. The minimum absolute atomic E-state index is 0.306. The first-order chi connectivity index (χ1) is 9.88. The lowest BCUT2D eigenvalue weighted by Crippen LogP contribution is -2.35. The molecule has 0 bridgehead atoms. The Labute approximate surface area is 116 Å². The molecule has 0 saturated carbocycles. The van der Waals surface area contributed by atoms with Crippen LogP contribution in [0, 0.1) is 0 Å². The molecule has 2 heterocycles. The molecule has 0 spiro atoms. The molecule has 6 nitrogen and oxygen atoms in total. The van der Waals surface area contributed by atoms with E-state index in [9.17, 15) is 5.21 Å². The Bertz CT molecular complexity index is 589. The predicted molar refractivity (Wildman–Crippen MR) is 73.4 cm³/mol. The van der Waals surface area contributed by atoms with Gasteiger partial charge >= 0.3 is 0 Å². The van der Waals surface area contributed by atoms with Crippen LogP contribution in [-0.2, 0) is 4.74 Å². The molecule has 1 aliphatic heterocycles. The molecule has 1 fully saturated rings. The van der Waals surface area contributed by atoms with Gasteiger partial charge in [-0.15, -0.1) is 0 Å². The van der Waals surface area contributed by atoms with Crippen molar-refractivity contribution in [3.63, 3.8) is 0 Å². The minimum atomic E-state index is 0.306. The standard InChI is InChI=1S/C14H15N3O3/c18-16-13(11-4-2-1-3-5-11)14-15-10-12(20-14)17-6-8-19-9-7-17/h1-5,10,18H,6-9H2. The van der Waals surface area contributed by atoms with Crippen LogP contribution in [0.3, 0.4) is 0 Å². The average molecular weight is 273 g/mol. The second-order valence-corrected chi connectivity index (χ2v) is 4.42. The van der Waals surface area contributed by atoms with E-state index in [0.717, 1.165) is 18.7 Å². The number of nitrogens with zero attached hydrogens (tertiary/aromatic N) is 3. The summed E-state index contributed by atoms with van der Waals surface area (Å²) in [6, 6.07) is 9.31. The Balaban J connectivity index is 1.85. The maximum Gasteiger partial charge on any atom is 0.251 e. The van der Waals surface area contributed by atoms with E-state index in [1.807, 2.05) is 30.3 Å². The zero-order valence-corrected chi connectivity index (χ0v) is 10.9. The molecular weight excluding hydrogens is 258 g/mol. The zero-order valence-electron chi connectivity index (χ0n) is 10.9. The van der Waals surface area contributed by atoms with Crippen LogP contribution in [0.2, 0.25) is 0 Å². The van der Waals surface area contributed by atoms with Crippen LogP contribution in [0.15, 0.2) is 46.1 Å². The molecule has 1 saturated heterocycles. The van der Waals surface area contributed by atoms with Crippen LogP contribution in [0.5, 0.6) is 0 Å². The molecule has 0 unspecified atom stereocenters. The molecule has 1 aromatic heterocycles. The van der Waals surface area contributed by atoms with Crippen molar-refractivity contribution in [1.29, 1.82) is 0 Å². The summed E-state index contributed by atoms with van der Waals surface area (Å²) in [6.07, 6.45) is 1.65. The summed E-state index contributed by atoms with van der Waals surface area (Å²) in [5, 5.41) is 12.5. The number of anilines is 1. The van der Waals surface area contributed by atoms with Gasteiger partial charge in [0.1, 0.15) is 0 Å². The summed E-state index contributed by atoms with van der Waals surface area (Å²) in [4.78, 5) is 6.25. The smallest absolute Gasteiger partial charge is 0.251 e. The van der Waals surface area contributed by atoms with Crippen molar-refractivity contribution in [1.82, 2.24) is 4.98 Å². The largest absolute Gasteiger partial charge is 0.419 e. The van der Waals surface area contributed by atoms with Crippen LogP contribution in [0.1, 0.15) is 11.5 Å². The highest BCUT2D eigenvalue weighted by Gasteiger charge is 2.19. The van der Waals surface area contributed by atoms with Gasteiger partial charge in [0.25, 0.3) is 5.89 Å². The normalized spacial score (nSPS) is 16.4. The van der Waals surface area contributed by atoms with Gasteiger partial charge in [-0.25, -0.2) is 4.98 Å². The Morgan fingerprint density at radius 1 is 1.20 bits per heavy atom. The highest BCUT2D eigenvalue weighted by molar-refractivity contribution is 6.09. The van der Waals surface area contributed by atoms with E-state index in [2.05, 4.69) is 15.0 Å². The first-order valence-corrected chi connectivity index (χ1v) is 6.45. The Morgan fingerprint density at radius 2 is 1.95 bits per heavy atom. The Hall–Kier alpha value is -2.34. The number of hydrogen-bond acceptors (Lipinski definition) is 6. The van der Waals surface area contributed by atoms with E-state index in [4.69, 9.17) is 9.15 Å². The number of oxazole rings is 1. The fourth-order valence-electron chi connectivity index (χ4n) is 2.13. The van der Waals surface area contributed by atoms with Gasteiger partial charge in [0.15, 0.2) is 5.71 Å². The van der Waals surface area contributed by atoms with Crippen LogP contribution >= 0.6 is 0 Å². The third kappa shape index (κ3) is 2.50. The number of oxime groups is 1. The van der Waals surface area contributed by atoms with E-state index in [-0.39, 0.29) is 0 Å². The Morgan fingerprint density at radius 3 is 2.65 bits per heavy atom. The number of hydrogen-bond donors (Lipinski definition) is 1. The fraction of sp³-hybridized carbons (Fsp3) is 0.286. The van der Waals surface area contributed by atoms with Crippen molar-refractivity contribution in [2.24, 2.45) is 5.16 Å². The number of morpholine rings is 1. The molecule has 1 N–H and O–H groups in total. The van der Waals surface area contributed by atoms with Crippen LogP contribution < -0.4 is 4.90 Å². The van der Waals surface area contributed by atoms with Crippen molar-refractivity contribution < 1.29 is 14.4 Å². The van der Waals surface area contributed by atoms with E-state index in [0.29, 0.717) is 30.7 Å². The molecule has 0 aliphatic carbocycles. The molecule has 1 aromatic carbocycles. The minimum Gasteiger partial charge on any atom is -0.419 e. The number of benzene rings is 1. The fourth-order valence-corrected chi connectivity index (χ4v) is 2.13. The highest BCUT2D eigenvalue weighted by atomic mass is 16.5. The highest BCUT2D eigenvalue weighted by Crippen LogP contribution is 2.19. The molecule has 0 radical (unpaired) electrons. The topological polar surface area (TPSA) is 71.1 Å². The molecule has 3 rings (SSSR count). The van der Waals surface area contributed by atoms with Crippen molar-refractivity contribution in [3.8, 4) is 0 Å². The summed E-state index contributed by atoms with van der Waals surface area (Å²) in [6.45, 7) is 2.89. The van der Waals surface area contributed by atoms with Gasteiger partial charge in [-0.2, -0.15) is 0 Å². The van der Waals surface area contributed by atoms with Crippen molar-refractivity contribution in [2.45, 2.75) is 0 Å². The van der Waals surface area contributed by atoms with Gasteiger partial charge in [-0.1, -0.05) is 35.5 Å². The van der Waals surface area contributed by atoms with Crippen LogP contribution in [-0.4, -0.2) is 42.2 Å².